The third-order valence-corrected chi connectivity index (χ3v) is 6.65. The summed E-state index contributed by atoms with van der Waals surface area (Å²) in [6.45, 7) is 5.82. The van der Waals surface area contributed by atoms with Crippen LogP contribution in [-0.4, -0.2) is 61.0 Å². The number of likely N-dealkylation sites (tertiary alicyclic amines) is 1. The van der Waals surface area contributed by atoms with Crippen LogP contribution in [0.2, 0.25) is 0 Å². The second-order valence-corrected chi connectivity index (χ2v) is 9.11. The number of nitrogens with zero attached hydrogens (tertiary/aromatic N) is 3. The van der Waals surface area contributed by atoms with Crippen molar-refractivity contribution in [3.8, 4) is 11.5 Å². The van der Waals surface area contributed by atoms with Crippen LogP contribution >= 0.6 is 0 Å². The first-order valence-electron chi connectivity index (χ1n) is 11.1. The van der Waals surface area contributed by atoms with Crippen molar-refractivity contribution in [2.75, 3.05) is 34.4 Å². The molecule has 4 rings (SSSR count). The average molecular weight is 438 g/mol. The average Bonchev–Trinajstić information content (AvgIpc) is 2.79. The Morgan fingerprint density at radius 1 is 1.09 bits per heavy atom. The molecule has 2 amide bonds. The molecule has 1 aromatic heterocycles. The summed E-state index contributed by atoms with van der Waals surface area (Å²) >= 11 is 0. The summed E-state index contributed by atoms with van der Waals surface area (Å²) < 4.78 is 11.0. The molecule has 0 bridgehead atoms. The Morgan fingerprint density at radius 3 is 2.34 bits per heavy atom. The van der Waals surface area contributed by atoms with Gasteiger partial charge in [0.1, 0.15) is 0 Å². The highest BCUT2D eigenvalue weighted by Gasteiger charge is 2.45. The van der Waals surface area contributed by atoms with E-state index < -0.39 is 12.0 Å². The van der Waals surface area contributed by atoms with Crippen molar-refractivity contribution in [3.05, 3.63) is 53.3 Å². The molecule has 0 saturated carbocycles. The zero-order valence-corrected chi connectivity index (χ0v) is 19.4. The fraction of sp³-hybridized carbons (Fsp3) is 0.480. The van der Waals surface area contributed by atoms with Crippen LogP contribution in [0.3, 0.4) is 0 Å². The van der Waals surface area contributed by atoms with Gasteiger partial charge in [0, 0.05) is 38.1 Å². The Morgan fingerprint density at radius 2 is 1.75 bits per heavy atom. The van der Waals surface area contributed by atoms with Gasteiger partial charge in [-0.15, -0.1) is 0 Å². The monoisotopic (exact) mass is 437 g/mol. The minimum atomic E-state index is -0.561. The molecule has 4 atom stereocenters. The highest BCUT2D eigenvalue weighted by molar-refractivity contribution is 6.02. The molecule has 0 radical (unpaired) electrons. The number of likely N-dealkylation sites (N-methyl/N-ethyl adjacent to an activating group) is 1. The maximum atomic E-state index is 14.1. The van der Waals surface area contributed by atoms with Crippen LogP contribution in [-0.2, 0) is 4.79 Å². The largest absolute Gasteiger partial charge is 0.493 e. The van der Waals surface area contributed by atoms with Crippen molar-refractivity contribution in [2.45, 2.75) is 32.2 Å². The van der Waals surface area contributed by atoms with E-state index in [2.05, 4.69) is 18.8 Å². The highest BCUT2D eigenvalue weighted by atomic mass is 16.5. The number of carbonyl (C=O) groups is 2. The van der Waals surface area contributed by atoms with Crippen LogP contribution < -0.4 is 9.47 Å². The zero-order valence-electron chi connectivity index (χ0n) is 19.4. The molecule has 170 valence electrons. The van der Waals surface area contributed by atoms with Gasteiger partial charge in [-0.3, -0.25) is 14.6 Å². The maximum Gasteiger partial charge on any atom is 0.254 e. The number of aromatic nitrogens is 1. The summed E-state index contributed by atoms with van der Waals surface area (Å²) in [5.41, 5.74) is 1.98. The van der Waals surface area contributed by atoms with Crippen molar-refractivity contribution in [3.63, 3.8) is 0 Å². The van der Waals surface area contributed by atoms with Crippen molar-refractivity contribution in [1.82, 2.24) is 14.8 Å². The molecule has 1 aromatic carbocycles. The highest BCUT2D eigenvalue weighted by Crippen LogP contribution is 2.46. The van der Waals surface area contributed by atoms with E-state index in [0.29, 0.717) is 34.5 Å². The molecule has 4 unspecified atom stereocenters. The third-order valence-electron chi connectivity index (χ3n) is 6.65. The number of fused-ring (bicyclic) bond motifs is 1. The molecular formula is C25H31N3O4. The van der Waals surface area contributed by atoms with Crippen molar-refractivity contribution in [1.29, 1.82) is 0 Å². The van der Waals surface area contributed by atoms with E-state index in [4.69, 9.17) is 9.47 Å². The number of rotatable bonds is 4. The standard InChI is InChI=1S/C25H31N3O4/c1-15-9-16(2)14-28(13-15)25(30)22-18-10-20(31-4)21(32-5)11-19(18)24(29)27(3)23(22)17-7-6-8-26-12-17/h6-8,10-12,15-16,22-23H,9,13-14H2,1-5H3. The van der Waals surface area contributed by atoms with Crippen LogP contribution in [0.1, 0.15) is 53.7 Å². The number of benzene rings is 1. The van der Waals surface area contributed by atoms with E-state index >= 15 is 0 Å². The Bertz CT molecular complexity index is 1000. The number of hydrogen-bond acceptors (Lipinski definition) is 5. The lowest BCUT2D eigenvalue weighted by Gasteiger charge is -2.43. The molecule has 0 spiro atoms. The van der Waals surface area contributed by atoms with Crippen LogP contribution in [0.15, 0.2) is 36.7 Å². The second kappa shape index (κ2) is 8.81. The molecule has 0 N–H and O–H groups in total. The minimum absolute atomic E-state index is 0.0325. The normalized spacial score (nSPS) is 25.3. The minimum Gasteiger partial charge on any atom is -0.493 e. The number of ether oxygens (including phenoxy) is 2. The zero-order chi connectivity index (χ0) is 23.0. The van der Waals surface area contributed by atoms with Gasteiger partial charge >= 0.3 is 0 Å². The molecule has 3 heterocycles. The molecule has 2 aliphatic rings. The Balaban J connectivity index is 1.88. The lowest BCUT2D eigenvalue weighted by Crippen LogP contribution is -2.50. The topological polar surface area (TPSA) is 72.0 Å². The summed E-state index contributed by atoms with van der Waals surface area (Å²) in [6.07, 6.45) is 4.54. The molecule has 1 fully saturated rings. The number of methoxy groups -OCH3 is 2. The summed E-state index contributed by atoms with van der Waals surface area (Å²) in [7, 11) is 4.85. The molecular weight excluding hydrogens is 406 g/mol. The van der Waals surface area contributed by atoms with Gasteiger partial charge in [0.05, 0.1) is 26.2 Å². The number of carbonyl (C=O) groups excluding carboxylic acids is 2. The van der Waals surface area contributed by atoms with Crippen molar-refractivity contribution < 1.29 is 19.1 Å². The fourth-order valence-electron chi connectivity index (χ4n) is 5.32. The molecule has 7 heteroatoms. The fourth-order valence-corrected chi connectivity index (χ4v) is 5.32. The van der Waals surface area contributed by atoms with E-state index in [-0.39, 0.29) is 11.8 Å². The van der Waals surface area contributed by atoms with Crippen LogP contribution in [0, 0.1) is 11.8 Å². The van der Waals surface area contributed by atoms with Crippen LogP contribution in [0.4, 0.5) is 0 Å². The Kier molecular flexibility index (Phi) is 6.09. The smallest absolute Gasteiger partial charge is 0.254 e. The number of pyridine rings is 1. The van der Waals surface area contributed by atoms with Gasteiger partial charge in [0.15, 0.2) is 11.5 Å². The first-order chi connectivity index (χ1) is 15.3. The van der Waals surface area contributed by atoms with Gasteiger partial charge in [-0.25, -0.2) is 0 Å². The predicted molar refractivity (Wildman–Crippen MR) is 121 cm³/mol. The number of hydrogen-bond donors (Lipinski definition) is 0. The molecule has 2 aromatic rings. The molecule has 0 aliphatic carbocycles. The second-order valence-electron chi connectivity index (χ2n) is 9.11. The van der Waals surface area contributed by atoms with Gasteiger partial charge in [-0.05, 0) is 47.6 Å². The lowest BCUT2D eigenvalue weighted by molar-refractivity contribution is -0.137. The summed E-state index contributed by atoms with van der Waals surface area (Å²) in [4.78, 5) is 35.4. The van der Waals surface area contributed by atoms with Gasteiger partial charge in [-0.1, -0.05) is 19.9 Å². The van der Waals surface area contributed by atoms with E-state index in [1.165, 1.54) is 0 Å². The lowest BCUT2D eigenvalue weighted by atomic mass is 9.78. The van der Waals surface area contributed by atoms with E-state index in [1.54, 1.807) is 50.7 Å². The first kappa shape index (κ1) is 22.1. The quantitative estimate of drug-likeness (QED) is 0.732. The van der Waals surface area contributed by atoms with E-state index in [1.807, 2.05) is 17.0 Å². The molecule has 1 saturated heterocycles. The predicted octanol–water partition coefficient (Wildman–Crippen LogP) is 3.51. The number of amides is 2. The van der Waals surface area contributed by atoms with Gasteiger partial charge in [-0.2, -0.15) is 0 Å². The number of piperidine rings is 1. The van der Waals surface area contributed by atoms with Gasteiger partial charge in [0.2, 0.25) is 5.91 Å². The molecule has 32 heavy (non-hydrogen) atoms. The Labute approximate surface area is 189 Å². The molecule has 7 nitrogen and oxygen atoms in total. The van der Waals surface area contributed by atoms with Gasteiger partial charge < -0.3 is 19.3 Å². The summed E-state index contributed by atoms with van der Waals surface area (Å²) in [5.74, 6) is 1.17. The molecule has 2 aliphatic heterocycles. The van der Waals surface area contributed by atoms with Crippen LogP contribution in [0.5, 0.6) is 11.5 Å². The summed E-state index contributed by atoms with van der Waals surface area (Å²) in [6, 6.07) is 6.79. The van der Waals surface area contributed by atoms with Gasteiger partial charge in [0.25, 0.3) is 5.91 Å². The van der Waals surface area contributed by atoms with Crippen LogP contribution in [0.25, 0.3) is 0 Å². The maximum absolute atomic E-state index is 14.1. The summed E-state index contributed by atoms with van der Waals surface area (Å²) in [5, 5.41) is 0. The van der Waals surface area contributed by atoms with Crippen molar-refractivity contribution >= 4 is 11.8 Å². The van der Waals surface area contributed by atoms with Crippen molar-refractivity contribution in [2.24, 2.45) is 11.8 Å². The van der Waals surface area contributed by atoms with E-state index in [0.717, 1.165) is 25.1 Å². The first-order valence-corrected chi connectivity index (χ1v) is 11.1. The third kappa shape index (κ3) is 3.80. The SMILES string of the molecule is COc1cc2c(cc1OC)C(C(=O)N1CC(C)CC(C)C1)C(c1cccnc1)N(C)C2=O. The van der Waals surface area contributed by atoms with E-state index in [9.17, 15) is 9.59 Å². The Hall–Kier alpha value is -3.09.